The summed E-state index contributed by atoms with van der Waals surface area (Å²) in [6.45, 7) is 0. The fourth-order valence-corrected chi connectivity index (χ4v) is 4.11. The van der Waals surface area contributed by atoms with E-state index >= 15 is 0 Å². The molecular weight excluding hydrogens is 760 g/mol. The normalized spacial score (nSPS) is 10.9. The Balaban J connectivity index is 0.00000111. The standard InChI is InChI=1S/C25H16N8.4BF4/c26-30-21-9-1-17(2-10-21)25(18-3-11-22(31-27)12-4-18,19-5-13-23(32-28)14-6-19)20-7-15-24(33-29)16-8-20;4*2-1(3,4)5/h1-16H;;;;/q+4;4*-1. The largest absolute Gasteiger partial charge is 0.673 e. The highest BCUT2D eigenvalue weighted by Gasteiger charge is 2.40. The van der Waals surface area contributed by atoms with Gasteiger partial charge in [-0.2, -0.15) is 0 Å². The topological polar surface area (TPSA) is 113 Å². The lowest BCUT2D eigenvalue weighted by Gasteiger charge is -2.36. The Hall–Kier alpha value is -6.30. The predicted octanol–water partition coefficient (Wildman–Crippen LogP) is 13.2. The quantitative estimate of drug-likeness (QED) is 0.0889. The van der Waals surface area contributed by atoms with Gasteiger partial charge in [0.05, 0.1) is 5.41 Å². The highest BCUT2D eigenvalue weighted by Crippen LogP contribution is 2.46. The molecule has 0 fully saturated rings. The summed E-state index contributed by atoms with van der Waals surface area (Å²) in [6, 6.07) is 28.6. The van der Waals surface area contributed by atoms with Gasteiger partial charge in [0, 0.05) is 48.5 Å². The summed E-state index contributed by atoms with van der Waals surface area (Å²) >= 11 is 0. The van der Waals surface area contributed by atoms with Crippen molar-refractivity contribution in [2.45, 2.75) is 5.41 Å². The number of diazo groups is 4. The molecule has 28 heteroatoms. The van der Waals surface area contributed by atoms with Crippen LogP contribution in [0.2, 0.25) is 0 Å². The minimum atomic E-state index is -6.00. The van der Waals surface area contributed by atoms with Gasteiger partial charge in [0.2, 0.25) is 21.6 Å². The van der Waals surface area contributed by atoms with Gasteiger partial charge in [-0.3, -0.25) is 0 Å². The second kappa shape index (κ2) is 19.9. The molecular formula is C25H16B4F16N8. The van der Waals surface area contributed by atoms with E-state index in [0.717, 1.165) is 22.3 Å². The van der Waals surface area contributed by atoms with Crippen molar-refractivity contribution in [2.24, 2.45) is 0 Å². The van der Waals surface area contributed by atoms with Crippen molar-refractivity contribution in [3.8, 4) is 0 Å². The highest BCUT2D eigenvalue weighted by molar-refractivity contribution is 6.51. The molecule has 0 saturated heterocycles. The molecule has 4 rings (SSSR count). The molecule has 8 nitrogen and oxygen atoms in total. The Bertz CT molecular complexity index is 1590. The number of hydrogen-bond acceptors (Lipinski definition) is 4. The molecule has 0 atom stereocenters. The molecule has 0 N–H and O–H groups in total. The van der Waals surface area contributed by atoms with Crippen LogP contribution in [0.4, 0.5) is 91.8 Å². The van der Waals surface area contributed by atoms with Crippen LogP contribution in [0.3, 0.4) is 0 Å². The molecule has 0 saturated carbocycles. The summed E-state index contributed by atoms with van der Waals surface area (Å²) in [5.74, 6) is 0. The maximum Gasteiger partial charge on any atom is 0.673 e. The van der Waals surface area contributed by atoms with Crippen molar-refractivity contribution in [3.63, 3.8) is 0 Å². The van der Waals surface area contributed by atoms with Gasteiger partial charge in [0.1, 0.15) is 0 Å². The fourth-order valence-electron chi connectivity index (χ4n) is 4.11. The molecule has 0 aliphatic heterocycles. The van der Waals surface area contributed by atoms with Gasteiger partial charge in [-0.1, -0.05) is 0 Å². The lowest BCUT2D eigenvalue weighted by molar-refractivity contribution is 0.366. The zero-order valence-electron chi connectivity index (χ0n) is 25.7. The molecule has 53 heavy (non-hydrogen) atoms. The molecule has 0 aromatic heterocycles. The van der Waals surface area contributed by atoms with Crippen LogP contribution in [0.15, 0.2) is 97.1 Å². The first-order valence-corrected chi connectivity index (χ1v) is 13.5. The second-order valence-electron chi connectivity index (χ2n) is 9.32. The monoisotopic (exact) mass is 776 g/mol. The van der Waals surface area contributed by atoms with Crippen molar-refractivity contribution in [2.75, 3.05) is 0 Å². The minimum absolute atomic E-state index is 0.408. The molecule has 0 unspecified atom stereocenters. The summed E-state index contributed by atoms with van der Waals surface area (Å²) in [5, 5.41) is 36.7. The van der Waals surface area contributed by atoms with Crippen LogP contribution in [0.25, 0.3) is 19.9 Å². The first kappa shape index (κ1) is 46.7. The van der Waals surface area contributed by atoms with Crippen LogP contribution in [0, 0.1) is 21.6 Å². The molecule has 4 aromatic carbocycles. The van der Waals surface area contributed by atoms with Crippen LogP contribution in [0.5, 0.6) is 0 Å². The lowest BCUT2D eigenvalue weighted by atomic mass is 9.65. The number of hydrogen-bond donors (Lipinski definition) is 0. The van der Waals surface area contributed by atoms with Crippen LogP contribution in [0.1, 0.15) is 22.3 Å². The Labute approximate surface area is 287 Å². The number of nitrogens with zero attached hydrogens (tertiary/aromatic N) is 8. The number of rotatable bonds is 4. The van der Waals surface area contributed by atoms with E-state index in [9.17, 15) is 90.6 Å². The summed E-state index contributed by atoms with van der Waals surface area (Å²) in [5.41, 5.74) is 4.24. The lowest BCUT2D eigenvalue weighted by Crippen LogP contribution is -2.30. The Morgan fingerprint density at radius 1 is 0.283 bits per heavy atom. The third kappa shape index (κ3) is 20.2. The maximum atomic E-state index is 9.75. The van der Waals surface area contributed by atoms with Gasteiger partial charge >= 0.3 is 51.8 Å². The molecule has 0 heterocycles. The van der Waals surface area contributed by atoms with Crippen LogP contribution >= 0.6 is 0 Å². The molecule has 0 aliphatic rings. The van der Waals surface area contributed by atoms with E-state index in [1.54, 1.807) is 48.5 Å². The zero-order valence-corrected chi connectivity index (χ0v) is 25.7. The molecule has 280 valence electrons. The first-order valence-electron chi connectivity index (χ1n) is 13.5. The average molecular weight is 776 g/mol. The van der Waals surface area contributed by atoms with Crippen molar-refractivity contribution in [1.82, 2.24) is 0 Å². The molecule has 0 aliphatic carbocycles. The van der Waals surface area contributed by atoms with E-state index in [-0.39, 0.29) is 0 Å². The van der Waals surface area contributed by atoms with Gasteiger partial charge in [-0.15, -0.1) is 0 Å². The zero-order chi connectivity index (χ0) is 41.3. The number of halogens is 16. The summed E-state index contributed by atoms with van der Waals surface area (Å²) in [4.78, 5) is 13.0. The van der Waals surface area contributed by atoms with Crippen molar-refractivity contribution >= 4 is 51.8 Å². The number of benzene rings is 4. The smallest absolute Gasteiger partial charge is 0.418 e. The van der Waals surface area contributed by atoms with Crippen molar-refractivity contribution in [1.29, 1.82) is 21.6 Å². The van der Waals surface area contributed by atoms with Crippen LogP contribution in [-0.4, -0.2) is 29.0 Å². The molecule has 0 radical (unpaired) electrons. The molecule has 0 amide bonds. The van der Waals surface area contributed by atoms with E-state index in [0.29, 0.717) is 22.7 Å². The minimum Gasteiger partial charge on any atom is -0.418 e. The van der Waals surface area contributed by atoms with E-state index < -0.39 is 34.4 Å². The van der Waals surface area contributed by atoms with Crippen LogP contribution < -0.4 is 0 Å². The van der Waals surface area contributed by atoms with E-state index in [2.05, 4.69) is 19.9 Å². The average Bonchev–Trinajstić information content (AvgIpc) is 3.03. The summed E-state index contributed by atoms with van der Waals surface area (Å²) < 4.78 is 156. The van der Waals surface area contributed by atoms with Crippen molar-refractivity contribution in [3.05, 3.63) is 139 Å². The van der Waals surface area contributed by atoms with E-state index in [4.69, 9.17) is 0 Å². The summed E-state index contributed by atoms with van der Waals surface area (Å²) in [6.07, 6.45) is 0. The van der Waals surface area contributed by atoms with E-state index in [1.807, 2.05) is 48.5 Å². The Morgan fingerprint density at radius 2 is 0.396 bits per heavy atom. The van der Waals surface area contributed by atoms with Gasteiger partial charge in [0.15, 0.2) is 19.9 Å². The predicted molar refractivity (Wildman–Crippen MR) is 164 cm³/mol. The second-order valence-corrected chi connectivity index (χ2v) is 9.32. The Kier molecular flexibility index (Phi) is 17.6. The SMILES string of the molecule is F[B-](F)(F)F.F[B-](F)(F)F.F[B-](F)(F)F.F[B-](F)(F)F.N#[N+]c1ccc(C(c2ccc([N+]#N)cc2)(c2ccc([N+]#N)cc2)c2ccc([N+]#N)cc2)cc1. The van der Waals surface area contributed by atoms with E-state index in [1.165, 1.54) is 0 Å². The highest BCUT2D eigenvalue weighted by atomic mass is 19.5. The molecule has 0 bridgehead atoms. The fraction of sp³-hybridized carbons (Fsp3) is 0.0400. The Morgan fingerprint density at radius 3 is 0.491 bits per heavy atom. The first-order chi connectivity index (χ1) is 24.1. The molecule has 0 spiro atoms. The third-order valence-corrected chi connectivity index (χ3v) is 5.66. The third-order valence-electron chi connectivity index (χ3n) is 5.66. The van der Waals surface area contributed by atoms with Gasteiger partial charge < -0.3 is 69.1 Å². The van der Waals surface area contributed by atoms with Gasteiger partial charge in [0.25, 0.3) is 0 Å². The van der Waals surface area contributed by atoms with Gasteiger partial charge in [-0.25, -0.2) is 0 Å². The van der Waals surface area contributed by atoms with Crippen molar-refractivity contribution < 1.29 is 69.1 Å². The molecule has 4 aromatic rings. The van der Waals surface area contributed by atoms with Crippen LogP contribution in [-0.2, 0) is 5.41 Å². The maximum absolute atomic E-state index is 9.75. The summed E-state index contributed by atoms with van der Waals surface area (Å²) in [7, 11) is -24.0. The van der Waals surface area contributed by atoms with Gasteiger partial charge in [-0.05, 0) is 70.8 Å².